The van der Waals surface area contributed by atoms with E-state index in [-0.39, 0.29) is 18.0 Å². The van der Waals surface area contributed by atoms with Crippen LogP contribution in [-0.4, -0.2) is 54.4 Å². The molecular weight excluding hydrogens is 342 g/mol. The lowest BCUT2D eigenvalue weighted by molar-refractivity contribution is -0.182. The monoisotopic (exact) mass is 366 g/mol. The fourth-order valence-corrected chi connectivity index (χ4v) is 3.53. The van der Waals surface area contributed by atoms with E-state index >= 15 is 0 Å². The number of carbonyl (C=O) groups is 2. The van der Waals surface area contributed by atoms with Crippen molar-refractivity contribution in [2.24, 2.45) is 5.92 Å². The van der Waals surface area contributed by atoms with Crippen LogP contribution in [0.15, 0.2) is 18.2 Å². The van der Waals surface area contributed by atoms with Crippen LogP contribution < -0.4 is 0 Å². The third-order valence-corrected chi connectivity index (χ3v) is 4.99. The predicted octanol–water partition coefficient (Wildman–Crippen LogP) is 2.80. The molecule has 2 aliphatic rings. The predicted molar refractivity (Wildman–Crippen MR) is 91.4 cm³/mol. The number of carbonyl (C=O) groups excluding carboxylic acids is 2. The van der Waals surface area contributed by atoms with E-state index in [4.69, 9.17) is 4.84 Å². The van der Waals surface area contributed by atoms with Gasteiger partial charge in [-0.05, 0) is 43.9 Å². The Morgan fingerprint density at radius 3 is 2.77 bits per heavy atom. The Hall–Kier alpha value is -1.86. The second kappa shape index (κ2) is 8.68. The van der Waals surface area contributed by atoms with Gasteiger partial charge in [0.1, 0.15) is 11.6 Å². The van der Waals surface area contributed by atoms with E-state index in [1.54, 1.807) is 4.90 Å². The Morgan fingerprint density at radius 1 is 1.15 bits per heavy atom. The first-order valence-corrected chi connectivity index (χ1v) is 9.19. The summed E-state index contributed by atoms with van der Waals surface area (Å²) in [6.45, 7) is 2.90. The molecule has 5 nitrogen and oxygen atoms in total. The molecular formula is C19H24F2N2O3. The third kappa shape index (κ3) is 4.65. The average Bonchev–Trinajstić information content (AvgIpc) is 2.68. The molecule has 2 saturated heterocycles. The van der Waals surface area contributed by atoms with Crippen molar-refractivity contribution < 1.29 is 23.2 Å². The number of Topliss-reactive ketones (excluding diaryl/α,β-unsaturated/α-hetero) is 1. The third-order valence-electron chi connectivity index (χ3n) is 4.99. The minimum atomic E-state index is -0.720. The molecule has 3 rings (SSSR count). The van der Waals surface area contributed by atoms with Crippen LogP contribution >= 0.6 is 0 Å². The van der Waals surface area contributed by atoms with Crippen molar-refractivity contribution in [3.63, 3.8) is 0 Å². The van der Waals surface area contributed by atoms with E-state index in [0.29, 0.717) is 39.0 Å². The summed E-state index contributed by atoms with van der Waals surface area (Å²) in [6.07, 6.45) is 3.69. The first-order chi connectivity index (χ1) is 12.5. The van der Waals surface area contributed by atoms with Crippen LogP contribution in [0.5, 0.6) is 0 Å². The molecule has 0 bridgehead atoms. The minimum Gasteiger partial charge on any atom is -0.342 e. The van der Waals surface area contributed by atoms with E-state index in [9.17, 15) is 18.4 Å². The zero-order valence-corrected chi connectivity index (χ0v) is 14.8. The summed E-state index contributed by atoms with van der Waals surface area (Å²) >= 11 is 0. The number of rotatable bonds is 5. The summed E-state index contributed by atoms with van der Waals surface area (Å²) in [5.41, 5.74) is -0.231. The molecule has 2 aliphatic heterocycles. The normalized spacial score (nSPS) is 21.6. The van der Waals surface area contributed by atoms with Crippen LogP contribution in [0.2, 0.25) is 0 Å². The first-order valence-electron chi connectivity index (χ1n) is 9.19. The molecule has 0 N–H and O–H groups in total. The van der Waals surface area contributed by atoms with Crippen LogP contribution in [0.4, 0.5) is 8.78 Å². The quantitative estimate of drug-likeness (QED) is 0.752. The molecule has 1 amide bonds. The highest BCUT2D eigenvalue weighted by molar-refractivity contribution is 5.98. The van der Waals surface area contributed by atoms with Gasteiger partial charge < -0.3 is 4.90 Å². The zero-order chi connectivity index (χ0) is 18.5. The molecule has 7 heteroatoms. The number of piperidine rings is 1. The standard InChI is InChI=1S/C19H24F2N2O3/c20-15-5-6-17(21)16(12-15)19(25)14-4-3-8-22(13-14)18(24)7-10-23-9-1-2-11-26-23/h5-6,12,14H,1-4,7-11,13H2/t14-/m0/s1. The fourth-order valence-electron chi connectivity index (χ4n) is 3.53. The van der Waals surface area contributed by atoms with Crippen LogP contribution in [0.1, 0.15) is 42.5 Å². The van der Waals surface area contributed by atoms with Gasteiger partial charge in [0.15, 0.2) is 5.78 Å². The number of ketones is 1. The lowest BCUT2D eigenvalue weighted by Crippen LogP contribution is -2.43. The maximum absolute atomic E-state index is 13.9. The SMILES string of the molecule is O=C(c1cc(F)ccc1F)[C@H]1CCCN(C(=O)CCN2CCCCO2)C1. The number of benzene rings is 1. The number of hydrogen-bond acceptors (Lipinski definition) is 4. The van der Waals surface area contributed by atoms with Crippen LogP contribution in [0.3, 0.4) is 0 Å². The molecule has 0 saturated carbocycles. The Kier molecular flexibility index (Phi) is 6.32. The maximum atomic E-state index is 13.9. The average molecular weight is 366 g/mol. The van der Waals surface area contributed by atoms with Crippen molar-refractivity contribution in [2.75, 3.05) is 32.8 Å². The van der Waals surface area contributed by atoms with Gasteiger partial charge in [-0.15, -0.1) is 0 Å². The molecule has 1 aromatic rings. The van der Waals surface area contributed by atoms with Gasteiger partial charge in [0.25, 0.3) is 0 Å². The van der Waals surface area contributed by atoms with E-state index in [1.807, 2.05) is 5.06 Å². The van der Waals surface area contributed by atoms with E-state index < -0.39 is 23.3 Å². The molecule has 0 aromatic heterocycles. The molecule has 1 atom stereocenters. The van der Waals surface area contributed by atoms with E-state index in [2.05, 4.69) is 0 Å². The highest BCUT2D eigenvalue weighted by atomic mass is 19.1. The summed E-state index contributed by atoms with van der Waals surface area (Å²) < 4.78 is 27.2. The maximum Gasteiger partial charge on any atom is 0.223 e. The molecule has 0 unspecified atom stereocenters. The Bertz CT molecular complexity index is 662. The first kappa shape index (κ1) is 18.9. The van der Waals surface area contributed by atoms with Crippen molar-refractivity contribution in [3.05, 3.63) is 35.4 Å². The van der Waals surface area contributed by atoms with Gasteiger partial charge >= 0.3 is 0 Å². The van der Waals surface area contributed by atoms with Crippen molar-refractivity contribution >= 4 is 11.7 Å². The van der Waals surface area contributed by atoms with Gasteiger partial charge in [-0.1, -0.05) is 0 Å². The topological polar surface area (TPSA) is 49.9 Å². The Morgan fingerprint density at radius 2 is 2.00 bits per heavy atom. The molecule has 1 aromatic carbocycles. The van der Waals surface area contributed by atoms with Gasteiger partial charge in [0.2, 0.25) is 5.91 Å². The minimum absolute atomic E-state index is 0.0311. The van der Waals surface area contributed by atoms with Gasteiger partial charge in [-0.2, -0.15) is 5.06 Å². The molecule has 0 spiro atoms. The van der Waals surface area contributed by atoms with Crippen molar-refractivity contribution in [3.8, 4) is 0 Å². The summed E-state index contributed by atoms with van der Waals surface area (Å²) in [4.78, 5) is 32.2. The molecule has 0 aliphatic carbocycles. The fraction of sp³-hybridized carbons (Fsp3) is 0.579. The molecule has 0 radical (unpaired) electrons. The molecule has 142 valence electrons. The smallest absolute Gasteiger partial charge is 0.223 e. The van der Waals surface area contributed by atoms with Gasteiger partial charge in [0, 0.05) is 38.5 Å². The molecule has 2 heterocycles. The highest BCUT2D eigenvalue weighted by Crippen LogP contribution is 2.23. The lowest BCUT2D eigenvalue weighted by Gasteiger charge is -2.33. The van der Waals surface area contributed by atoms with Gasteiger partial charge in [0.05, 0.1) is 12.2 Å². The van der Waals surface area contributed by atoms with Crippen LogP contribution in [-0.2, 0) is 9.63 Å². The number of hydroxylamine groups is 2. The van der Waals surface area contributed by atoms with Gasteiger partial charge in [-0.3, -0.25) is 14.4 Å². The summed E-state index contributed by atoms with van der Waals surface area (Å²) in [7, 11) is 0. The lowest BCUT2D eigenvalue weighted by atomic mass is 9.89. The number of halogens is 2. The zero-order valence-electron chi connectivity index (χ0n) is 14.8. The van der Waals surface area contributed by atoms with E-state index in [1.165, 1.54) is 0 Å². The Labute approximate surface area is 151 Å². The number of hydrogen-bond donors (Lipinski definition) is 0. The Balaban J connectivity index is 1.57. The molecule has 26 heavy (non-hydrogen) atoms. The van der Waals surface area contributed by atoms with Crippen LogP contribution in [0, 0.1) is 17.6 Å². The largest absolute Gasteiger partial charge is 0.342 e. The second-order valence-corrected chi connectivity index (χ2v) is 6.89. The van der Waals surface area contributed by atoms with E-state index in [0.717, 1.165) is 37.6 Å². The number of amides is 1. The highest BCUT2D eigenvalue weighted by Gasteiger charge is 2.30. The van der Waals surface area contributed by atoms with Crippen molar-refractivity contribution in [1.29, 1.82) is 0 Å². The summed E-state index contributed by atoms with van der Waals surface area (Å²) in [6, 6.07) is 2.89. The number of nitrogens with zero attached hydrogens (tertiary/aromatic N) is 2. The van der Waals surface area contributed by atoms with Crippen LogP contribution in [0.25, 0.3) is 0 Å². The summed E-state index contributed by atoms with van der Waals surface area (Å²) in [5.74, 6) is -2.31. The summed E-state index contributed by atoms with van der Waals surface area (Å²) in [5, 5.41) is 1.82. The molecule has 2 fully saturated rings. The van der Waals surface area contributed by atoms with Gasteiger partial charge in [-0.25, -0.2) is 8.78 Å². The second-order valence-electron chi connectivity index (χ2n) is 6.89. The number of likely N-dealkylation sites (tertiary alicyclic amines) is 1. The van der Waals surface area contributed by atoms with Crippen molar-refractivity contribution in [2.45, 2.75) is 32.1 Å². The van der Waals surface area contributed by atoms with Crippen molar-refractivity contribution in [1.82, 2.24) is 9.96 Å².